The molecular formula is C8H9N5O2S. The summed E-state index contributed by atoms with van der Waals surface area (Å²) in [4.78, 5) is 19.1. The van der Waals surface area contributed by atoms with Gasteiger partial charge < -0.3 is 10.4 Å². The van der Waals surface area contributed by atoms with Crippen LogP contribution in [0, 0.1) is 6.92 Å². The van der Waals surface area contributed by atoms with Crippen LogP contribution in [0.15, 0.2) is 6.33 Å². The standard InChI is InChI=1S/C8H9N5O2S/c1-4-6(7(14)15)16-8(12-4)9-2-5-10-3-11-13-5/h3H,2H2,1H3,(H,9,12)(H,14,15)(H,10,11,13). The van der Waals surface area contributed by atoms with Gasteiger partial charge in [-0.2, -0.15) is 5.10 Å². The number of hydrogen-bond acceptors (Lipinski definition) is 6. The Hall–Kier alpha value is -1.96. The first kappa shape index (κ1) is 10.6. The number of rotatable bonds is 4. The number of nitrogens with zero attached hydrogens (tertiary/aromatic N) is 3. The van der Waals surface area contributed by atoms with E-state index in [4.69, 9.17) is 5.11 Å². The smallest absolute Gasteiger partial charge is 0.347 e. The van der Waals surface area contributed by atoms with Gasteiger partial charge in [0.1, 0.15) is 17.0 Å². The minimum absolute atomic E-state index is 0.250. The second-order valence-corrected chi connectivity index (χ2v) is 4.02. The Kier molecular flexibility index (Phi) is 2.82. The normalized spacial score (nSPS) is 10.3. The summed E-state index contributed by atoms with van der Waals surface area (Å²) in [6.45, 7) is 2.10. The Morgan fingerprint density at radius 2 is 2.50 bits per heavy atom. The van der Waals surface area contributed by atoms with Gasteiger partial charge in [0.25, 0.3) is 0 Å². The van der Waals surface area contributed by atoms with Gasteiger partial charge in [0.05, 0.1) is 12.2 Å². The first-order valence-electron chi connectivity index (χ1n) is 4.45. The average Bonchev–Trinajstić information content (AvgIpc) is 2.83. The molecule has 2 aromatic rings. The zero-order valence-corrected chi connectivity index (χ0v) is 9.21. The Morgan fingerprint density at radius 3 is 3.06 bits per heavy atom. The quantitative estimate of drug-likeness (QED) is 0.731. The van der Waals surface area contributed by atoms with Crippen molar-refractivity contribution in [3.63, 3.8) is 0 Å². The summed E-state index contributed by atoms with van der Waals surface area (Å²) in [5.74, 6) is -0.285. The number of anilines is 1. The minimum Gasteiger partial charge on any atom is -0.477 e. The van der Waals surface area contributed by atoms with Crippen LogP contribution in [0.5, 0.6) is 0 Å². The van der Waals surface area contributed by atoms with Crippen LogP contribution in [0.3, 0.4) is 0 Å². The number of nitrogens with one attached hydrogen (secondary N) is 2. The van der Waals surface area contributed by atoms with Crippen molar-refractivity contribution in [2.75, 3.05) is 5.32 Å². The molecule has 0 spiro atoms. The third-order valence-corrected chi connectivity index (χ3v) is 2.97. The highest BCUT2D eigenvalue weighted by molar-refractivity contribution is 7.17. The van der Waals surface area contributed by atoms with E-state index in [2.05, 4.69) is 25.5 Å². The fourth-order valence-electron chi connectivity index (χ4n) is 1.15. The Morgan fingerprint density at radius 1 is 1.69 bits per heavy atom. The van der Waals surface area contributed by atoms with Gasteiger partial charge in [-0.15, -0.1) is 0 Å². The highest BCUT2D eigenvalue weighted by Gasteiger charge is 2.13. The number of carbonyl (C=O) groups is 1. The molecule has 2 rings (SSSR count). The lowest BCUT2D eigenvalue weighted by molar-refractivity contribution is 0.0701. The molecule has 8 heteroatoms. The van der Waals surface area contributed by atoms with Crippen molar-refractivity contribution in [1.29, 1.82) is 0 Å². The lowest BCUT2D eigenvalue weighted by Crippen LogP contribution is -2.00. The third kappa shape index (κ3) is 2.16. The molecule has 84 valence electrons. The molecule has 2 heterocycles. The van der Waals surface area contributed by atoms with Crippen molar-refractivity contribution in [2.45, 2.75) is 13.5 Å². The van der Waals surface area contributed by atoms with E-state index in [9.17, 15) is 4.79 Å². The number of H-pyrrole nitrogens is 1. The highest BCUT2D eigenvalue weighted by atomic mass is 32.1. The zero-order chi connectivity index (χ0) is 11.5. The Balaban J connectivity index is 2.05. The fourth-order valence-corrected chi connectivity index (χ4v) is 1.95. The predicted octanol–water partition coefficient (Wildman–Crippen LogP) is 0.880. The van der Waals surface area contributed by atoms with E-state index in [0.29, 0.717) is 23.2 Å². The number of thiazole rings is 1. The van der Waals surface area contributed by atoms with Crippen LogP contribution < -0.4 is 5.32 Å². The largest absolute Gasteiger partial charge is 0.477 e. The molecule has 3 N–H and O–H groups in total. The molecule has 0 aliphatic rings. The molecule has 2 aromatic heterocycles. The summed E-state index contributed by atoms with van der Waals surface area (Å²) in [5.41, 5.74) is 0.512. The van der Waals surface area contributed by atoms with Crippen LogP contribution >= 0.6 is 11.3 Å². The van der Waals surface area contributed by atoms with E-state index < -0.39 is 5.97 Å². The maximum absolute atomic E-state index is 10.8. The maximum atomic E-state index is 10.8. The van der Waals surface area contributed by atoms with E-state index >= 15 is 0 Å². The molecule has 0 atom stereocenters. The minimum atomic E-state index is -0.956. The lowest BCUT2D eigenvalue weighted by Gasteiger charge is -1.96. The second-order valence-electron chi connectivity index (χ2n) is 3.02. The number of hydrogen-bond donors (Lipinski definition) is 3. The number of carboxylic acids is 1. The molecule has 0 radical (unpaired) electrons. The lowest BCUT2D eigenvalue weighted by atomic mass is 10.4. The molecule has 16 heavy (non-hydrogen) atoms. The summed E-state index contributed by atoms with van der Waals surface area (Å²) >= 11 is 1.11. The second kappa shape index (κ2) is 4.27. The van der Waals surface area contributed by atoms with Crippen molar-refractivity contribution in [1.82, 2.24) is 20.2 Å². The van der Waals surface area contributed by atoms with Gasteiger partial charge in [0.2, 0.25) is 0 Å². The fraction of sp³-hybridized carbons (Fsp3) is 0.250. The van der Waals surface area contributed by atoms with Gasteiger partial charge >= 0.3 is 5.97 Å². The van der Waals surface area contributed by atoms with Crippen LogP contribution in [0.1, 0.15) is 21.2 Å². The monoisotopic (exact) mass is 239 g/mol. The molecule has 0 aliphatic carbocycles. The molecular weight excluding hydrogens is 230 g/mol. The summed E-state index contributed by atoms with van der Waals surface area (Å²) in [6, 6.07) is 0. The van der Waals surface area contributed by atoms with E-state index in [-0.39, 0.29) is 4.88 Å². The number of carboxylic acid groups (broad SMARTS) is 1. The molecule has 0 bridgehead atoms. The topological polar surface area (TPSA) is 104 Å². The molecule has 0 amide bonds. The third-order valence-electron chi connectivity index (χ3n) is 1.86. The predicted molar refractivity (Wildman–Crippen MR) is 57.5 cm³/mol. The number of aromatic nitrogens is 4. The first-order chi connectivity index (χ1) is 7.66. The van der Waals surface area contributed by atoms with Crippen LogP contribution in [-0.2, 0) is 6.54 Å². The van der Waals surface area contributed by atoms with Crippen molar-refractivity contribution < 1.29 is 9.90 Å². The summed E-state index contributed by atoms with van der Waals surface area (Å²) in [5, 5.41) is 18.8. The number of aryl methyl sites for hydroxylation is 1. The van der Waals surface area contributed by atoms with E-state index in [1.807, 2.05) is 0 Å². The van der Waals surface area contributed by atoms with Gasteiger partial charge in [-0.05, 0) is 6.92 Å². The SMILES string of the molecule is Cc1nc(NCc2ncn[nH]2)sc1C(=O)O. The van der Waals surface area contributed by atoms with Crippen LogP contribution in [0.25, 0.3) is 0 Å². The first-order valence-corrected chi connectivity index (χ1v) is 5.27. The van der Waals surface area contributed by atoms with Crippen molar-refractivity contribution in [3.05, 3.63) is 22.7 Å². The van der Waals surface area contributed by atoms with Gasteiger partial charge in [-0.1, -0.05) is 11.3 Å². The molecule has 0 fully saturated rings. The average molecular weight is 239 g/mol. The van der Waals surface area contributed by atoms with Gasteiger partial charge in [-0.3, -0.25) is 5.10 Å². The van der Waals surface area contributed by atoms with E-state index in [1.165, 1.54) is 6.33 Å². The van der Waals surface area contributed by atoms with Gasteiger partial charge in [-0.25, -0.2) is 14.8 Å². The van der Waals surface area contributed by atoms with Crippen LogP contribution in [0.4, 0.5) is 5.13 Å². The maximum Gasteiger partial charge on any atom is 0.347 e. The van der Waals surface area contributed by atoms with Crippen molar-refractivity contribution >= 4 is 22.4 Å². The van der Waals surface area contributed by atoms with Gasteiger partial charge in [0.15, 0.2) is 5.13 Å². The van der Waals surface area contributed by atoms with E-state index in [1.54, 1.807) is 6.92 Å². The summed E-state index contributed by atoms with van der Waals surface area (Å²) < 4.78 is 0. The van der Waals surface area contributed by atoms with Crippen molar-refractivity contribution in [2.24, 2.45) is 0 Å². The van der Waals surface area contributed by atoms with Crippen LogP contribution in [-0.4, -0.2) is 31.2 Å². The van der Waals surface area contributed by atoms with E-state index in [0.717, 1.165) is 11.3 Å². The number of aromatic amines is 1. The highest BCUT2D eigenvalue weighted by Crippen LogP contribution is 2.22. The zero-order valence-electron chi connectivity index (χ0n) is 8.39. The van der Waals surface area contributed by atoms with Crippen LogP contribution in [0.2, 0.25) is 0 Å². The molecule has 0 unspecified atom stereocenters. The molecule has 0 aliphatic heterocycles. The molecule has 0 saturated heterocycles. The molecule has 0 aromatic carbocycles. The molecule has 7 nitrogen and oxygen atoms in total. The van der Waals surface area contributed by atoms with Gasteiger partial charge in [0, 0.05) is 0 Å². The Bertz CT molecular complexity index is 493. The summed E-state index contributed by atoms with van der Waals surface area (Å²) in [7, 11) is 0. The Labute approximate surface area is 94.6 Å². The summed E-state index contributed by atoms with van der Waals surface area (Å²) in [6.07, 6.45) is 1.41. The van der Waals surface area contributed by atoms with Crippen molar-refractivity contribution in [3.8, 4) is 0 Å². The number of aromatic carboxylic acids is 1. The molecule has 0 saturated carbocycles.